The van der Waals surface area contributed by atoms with Crippen LogP contribution < -0.4 is 21.3 Å². The summed E-state index contributed by atoms with van der Waals surface area (Å²) >= 11 is 0. The lowest BCUT2D eigenvalue weighted by Crippen LogP contribution is -2.46. The third-order valence-electron chi connectivity index (χ3n) is 2.76. The molecule has 5 nitrogen and oxygen atoms in total. The topological polar surface area (TPSA) is 76.4 Å². The molecule has 1 rings (SSSR count). The summed E-state index contributed by atoms with van der Waals surface area (Å²) in [7, 11) is 3.29. The first kappa shape index (κ1) is 14.5. The highest BCUT2D eigenvalue weighted by Gasteiger charge is 2.14. The summed E-state index contributed by atoms with van der Waals surface area (Å²) < 4.78 is 5.30. The van der Waals surface area contributed by atoms with Gasteiger partial charge >= 0.3 is 0 Å². The Morgan fingerprint density at radius 3 is 2.39 bits per heavy atom. The zero-order chi connectivity index (χ0) is 13.7. The van der Waals surface area contributed by atoms with Gasteiger partial charge in [0.15, 0.2) is 0 Å². The summed E-state index contributed by atoms with van der Waals surface area (Å²) in [5, 5.41) is 0. The first-order valence-electron chi connectivity index (χ1n) is 5.86. The van der Waals surface area contributed by atoms with Crippen molar-refractivity contribution >= 4 is 5.91 Å². The van der Waals surface area contributed by atoms with Crippen molar-refractivity contribution in [2.75, 3.05) is 14.2 Å². The quantitative estimate of drug-likeness (QED) is 0.663. The monoisotopic (exact) mass is 251 g/mol. The maximum atomic E-state index is 11.5. The van der Waals surface area contributed by atoms with Crippen LogP contribution in [-0.4, -0.2) is 26.1 Å². The summed E-state index contributed by atoms with van der Waals surface area (Å²) in [6.45, 7) is 3.96. The minimum atomic E-state index is -0.565. The Morgan fingerprint density at radius 1 is 1.39 bits per heavy atom. The zero-order valence-electron chi connectivity index (χ0n) is 11.3. The van der Waals surface area contributed by atoms with Crippen LogP contribution >= 0.6 is 0 Å². The average Bonchev–Trinajstić information content (AvgIpc) is 2.28. The number of hydrogen-bond donors (Lipinski definition) is 3. The van der Waals surface area contributed by atoms with Crippen LogP contribution in [0.15, 0.2) is 12.1 Å². The van der Waals surface area contributed by atoms with Gasteiger partial charge in [-0.2, -0.15) is 0 Å². The number of nitrogens with one attached hydrogen (secondary N) is 2. The molecular weight excluding hydrogens is 230 g/mol. The number of hydrazine groups is 1. The minimum absolute atomic E-state index is 0.219. The van der Waals surface area contributed by atoms with Crippen LogP contribution in [0.4, 0.5) is 0 Å². The van der Waals surface area contributed by atoms with E-state index in [1.807, 2.05) is 26.0 Å². The fourth-order valence-electron chi connectivity index (χ4n) is 2.04. The lowest BCUT2D eigenvalue weighted by atomic mass is 10.00. The molecule has 0 bridgehead atoms. The number of ether oxygens (including phenoxy) is 1. The molecule has 1 unspecified atom stereocenters. The highest BCUT2D eigenvalue weighted by Crippen LogP contribution is 2.24. The van der Waals surface area contributed by atoms with Gasteiger partial charge in [0, 0.05) is 7.05 Å². The molecule has 4 N–H and O–H groups in total. The van der Waals surface area contributed by atoms with E-state index in [2.05, 4.69) is 10.9 Å². The normalized spacial score (nSPS) is 12.1. The van der Waals surface area contributed by atoms with Gasteiger partial charge < -0.3 is 10.5 Å². The number of methoxy groups -OCH3 is 1. The second-order valence-corrected chi connectivity index (χ2v) is 4.31. The second kappa shape index (κ2) is 6.37. The molecule has 1 aromatic carbocycles. The van der Waals surface area contributed by atoms with Gasteiger partial charge in [0.25, 0.3) is 5.91 Å². The SMILES string of the molecule is CNNC(=O)C(N)Cc1cc(C)c(OC)c(C)c1. The zero-order valence-corrected chi connectivity index (χ0v) is 11.3. The molecule has 18 heavy (non-hydrogen) atoms. The summed E-state index contributed by atoms with van der Waals surface area (Å²) in [6, 6.07) is 3.43. The lowest BCUT2D eigenvalue weighted by molar-refractivity contribution is -0.123. The molecule has 5 heteroatoms. The molecule has 0 aliphatic rings. The van der Waals surface area contributed by atoms with E-state index < -0.39 is 6.04 Å². The van der Waals surface area contributed by atoms with Crippen LogP contribution in [0.5, 0.6) is 5.75 Å². The molecule has 0 aliphatic carbocycles. The van der Waals surface area contributed by atoms with Crippen LogP contribution in [0, 0.1) is 13.8 Å². The standard InChI is InChI=1S/C13H21N3O2/c1-8-5-10(6-9(2)12(8)18-4)7-11(14)13(17)16-15-3/h5-6,11,15H,7,14H2,1-4H3,(H,16,17). The van der Waals surface area contributed by atoms with E-state index >= 15 is 0 Å². The molecule has 1 amide bonds. The van der Waals surface area contributed by atoms with Crippen molar-refractivity contribution in [3.63, 3.8) is 0 Å². The summed E-state index contributed by atoms with van der Waals surface area (Å²) in [5.41, 5.74) is 14.0. The van der Waals surface area contributed by atoms with Crippen molar-refractivity contribution in [1.29, 1.82) is 0 Å². The Bertz CT molecular complexity index is 409. The van der Waals surface area contributed by atoms with Crippen molar-refractivity contribution in [2.45, 2.75) is 26.3 Å². The lowest BCUT2D eigenvalue weighted by Gasteiger charge is -2.14. The van der Waals surface area contributed by atoms with Crippen LogP contribution in [0.2, 0.25) is 0 Å². The average molecular weight is 251 g/mol. The fraction of sp³-hybridized carbons (Fsp3) is 0.462. The van der Waals surface area contributed by atoms with Crippen molar-refractivity contribution in [3.05, 3.63) is 28.8 Å². The van der Waals surface area contributed by atoms with E-state index in [0.717, 1.165) is 22.4 Å². The first-order valence-corrected chi connectivity index (χ1v) is 5.86. The molecule has 100 valence electrons. The van der Waals surface area contributed by atoms with Gasteiger partial charge in [0.2, 0.25) is 0 Å². The van der Waals surface area contributed by atoms with Gasteiger partial charge in [0.1, 0.15) is 5.75 Å². The number of benzene rings is 1. The van der Waals surface area contributed by atoms with Crippen molar-refractivity contribution in [1.82, 2.24) is 10.9 Å². The summed E-state index contributed by atoms with van der Waals surface area (Å²) in [4.78, 5) is 11.5. The number of rotatable bonds is 5. The smallest absolute Gasteiger partial charge is 0.251 e. The first-order chi connectivity index (χ1) is 8.49. The molecule has 0 aliphatic heterocycles. The number of carbonyl (C=O) groups excluding carboxylic acids is 1. The number of carbonyl (C=O) groups is 1. The minimum Gasteiger partial charge on any atom is -0.496 e. The molecule has 0 saturated heterocycles. The third kappa shape index (κ3) is 3.45. The largest absolute Gasteiger partial charge is 0.496 e. The number of amides is 1. The van der Waals surface area contributed by atoms with Crippen LogP contribution in [-0.2, 0) is 11.2 Å². The molecule has 0 aromatic heterocycles. The molecule has 0 spiro atoms. The molecule has 0 saturated carbocycles. The Hall–Kier alpha value is -1.59. The summed E-state index contributed by atoms with van der Waals surface area (Å²) in [5.74, 6) is 0.663. The highest BCUT2D eigenvalue weighted by atomic mass is 16.5. The van der Waals surface area contributed by atoms with Gasteiger partial charge in [-0.1, -0.05) is 12.1 Å². The fourth-order valence-corrected chi connectivity index (χ4v) is 2.04. The molecule has 0 fully saturated rings. The maximum absolute atomic E-state index is 11.5. The van der Waals surface area contributed by atoms with E-state index in [1.165, 1.54) is 0 Å². The molecule has 1 atom stereocenters. The Kier molecular flexibility index (Phi) is 5.12. The Morgan fingerprint density at radius 2 is 1.94 bits per heavy atom. The number of hydrogen-bond acceptors (Lipinski definition) is 4. The number of nitrogens with two attached hydrogens (primary N) is 1. The molecule has 0 radical (unpaired) electrons. The van der Waals surface area contributed by atoms with Gasteiger partial charge in [-0.3, -0.25) is 10.2 Å². The highest BCUT2D eigenvalue weighted by molar-refractivity contribution is 5.81. The predicted octanol–water partition coefficient (Wildman–Crippen LogP) is 0.432. The van der Waals surface area contributed by atoms with E-state index in [4.69, 9.17) is 10.5 Å². The van der Waals surface area contributed by atoms with Gasteiger partial charge in [-0.25, -0.2) is 5.43 Å². The summed E-state index contributed by atoms with van der Waals surface area (Å²) in [6.07, 6.45) is 0.499. The van der Waals surface area contributed by atoms with Gasteiger partial charge in [-0.05, 0) is 37.0 Å². The van der Waals surface area contributed by atoms with Crippen LogP contribution in [0.25, 0.3) is 0 Å². The van der Waals surface area contributed by atoms with Gasteiger partial charge in [0.05, 0.1) is 13.2 Å². The van der Waals surface area contributed by atoms with E-state index in [-0.39, 0.29) is 5.91 Å². The van der Waals surface area contributed by atoms with E-state index in [0.29, 0.717) is 6.42 Å². The van der Waals surface area contributed by atoms with Crippen LogP contribution in [0.1, 0.15) is 16.7 Å². The van der Waals surface area contributed by atoms with E-state index in [9.17, 15) is 4.79 Å². The Balaban J connectivity index is 2.83. The molecular formula is C13H21N3O2. The second-order valence-electron chi connectivity index (χ2n) is 4.31. The van der Waals surface area contributed by atoms with E-state index in [1.54, 1.807) is 14.2 Å². The molecule has 0 heterocycles. The maximum Gasteiger partial charge on any atom is 0.251 e. The van der Waals surface area contributed by atoms with Crippen LogP contribution in [0.3, 0.4) is 0 Å². The third-order valence-corrected chi connectivity index (χ3v) is 2.76. The molecule has 1 aromatic rings. The van der Waals surface area contributed by atoms with Crippen molar-refractivity contribution < 1.29 is 9.53 Å². The number of aryl methyl sites for hydroxylation is 2. The van der Waals surface area contributed by atoms with Gasteiger partial charge in [-0.15, -0.1) is 0 Å². The Labute approximate surface area is 108 Å². The van der Waals surface area contributed by atoms with Crippen molar-refractivity contribution in [2.24, 2.45) is 5.73 Å². The van der Waals surface area contributed by atoms with Crippen molar-refractivity contribution in [3.8, 4) is 5.75 Å². The predicted molar refractivity (Wildman–Crippen MR) is 71.3 cm³/mol.